The fourth-order valence-corrected chi connectivity index (χ4v) is 2.94. The van der Waals surface area contributed by atoms with E-state index < -0.39 is 0 Å². The summed E-state index contributed by atoms with van der Waals surface area (Å²) in [5, 5.41) is 1.09. The van der Waals surface area contributed by atoms with Gasteiger partial charge in [-0.15, -0.1) is 0 Å². The van der Waals surface area contributed by atoms with Crippen molar-refractivity contribution < 1.29 is 0 Å². The third kappa shape index (κ3) is 2.10. The predicted molar refractivity (Wildman–Crippen MR) is 77.9 cm³/mol. The molecule has 0 amide bonds. The molecule has 1 aliphatic rings. The highest BCUT2D eigenvalue weighted by Crippen LogP contribution is 2.32. The Morgan fingerprint density at radius 2 is 2.05 bits per heavy atom. The van der Waals surface area contributed by atoms with E-state index in [0.29, 0.717) is 17.9 Å². The van der Waals surface area contributed by atoms with Crippen molar-refractivity contribution >= 4 is 22.7 Å². The number of anilines is 2. The molecule has 3 N–H and O–H groups in total. The van der Waals surface area contributed by atoms with Gasteiger partial charge in [0, 0.05) is 18.0 Å². The monoisotopic (exact) mass is 257 g/mol. The lowest BCUT2D eigenvalue weighted by Gasteiger charge is -2.24. The fourth-order valence-electron chi connectivity index (χ4n) is 2.94. The van der Waals surface area contributed by atoms with Crippen LogP contribution in [-0.2, 0) is 0 Å². The number of fused-ring (bicyclic) bond motifs is 1. The number of hydrazine groups is 1. The summed E-state index contributed by atoms with van der Waals surface area (Å²) in [5.74, 6) is 7.62. The molecular weight excluding hydrogens is 238 g/mol. The van der Waals surface area contributed by atoms with Gasteiger partial charge in [-0.2, -0.15) is 4.98 Å². The zero-order valence-electron chi connectivity index (χ0n) is 11.3. The number of rotatable bonds is 2. The smallest absolute Gasteiger partial charge is 0.239 e. The molecule has 2 aromatic rings. The van der Waals surface area contributed by atoms with Crippen LogP contribution < -0.4 is 16.2 Å². The molecule has 19 heavy (non-hydrogen) atoms. The molecule has 1 aliphatic heterocycles. The Morgan fingerprint density at radius 1 is 1.26 bits per heavy atom. The van der Waals surface area contributed by atoms with E-state index in [-0.39, 0.29) is 0 Å². The minimum absolute atomic E-state index is 0.473. The summed E-state index contributed by atoms with van der Waals surface area (Å²) in [6.07, 6.45) is 1.20. The lowest BCUT2D eigenvalue weighted by Crippen LogP contribution is -2.28. The number of nitrogen functional groups attached to an aromatic ring is 1. The van der Waals surface area contributed by atoms with Crippen LogP contribution in [0.15, 0.2) is 24.3 Å². The molecule has 1 fully saturated rings. The van der Waals surface area contributed by atoms with Crippen LogP contribution >= 0.6 is 0 Å². The highest BCUT2D eigenvalue weighted by Gasteiger charge is 2.28. The first-order valence-corrected chi connectivity index (χ1v) is 6.69. The van der Waals surface area contributed by atoms with Crippen LogP contribution in [0.2, 0.25) is 0 Å². The van der Waals surface area contributed by atoms with Crippen LogP contribution in [0, 0.1) is 5.92 Å². The van der Waals surface area contributed by atoms with Gasteiger partial charge in [-0.3, -0.25) is 5.43 Å². The molecule has 0 saturated carbocycles. The summed E-state index contributed by atoms with van der Waals surface area (Å²) in [6, 6.07) is 8.57. The zero-order chi connectivity index (χ0) is 13.4. The average Bonchev–Trinajstić information content (AvgIpc) is 2.76. The maximum Gasteiger partial charge on any atom is 0.239 e. The van der Waals surface area contributed by atoms with Gasteiger partial charge in [0.25, 0.3) is 0 Å². The zero-order valence-corrected chi connectivity index (χ0v) is 11.3. The second-order valence-corrected chi connectivity index (χ2v) is 5.37. The summed E-state index contributed by atoms with van der Waals surface area (Å²) in [4.78, 5) is 11.3. The third-order valence-corrected chi connectivity index (χ3v) is 3.77. The van der Waals surface area contributed by atoms with Crippen molar-refractivity contribution in [1.82, 2.24) is 9.97 Å². The fraction of sp³-hybridized carbons (Fsp3) is 0.429. The van der Waals surface area contributed by atoms with Gasteiger partial charge >= 0.3 is 0 Å². The van der Waals surface area contributed by atoms with E-state index in [4.69, 9.17) is 5.84 Å². The Labute approximate surface area is 112 Å². The Morgan fingerprint density at radius 3 is 2.74 bits per heavy atom. The first-order valence-electron chi connectivity index (χ1n) is 6.69. The second kappa shape index (κ2) is 4.66. The SMILES string of the molecule is CC1CC(C)N(c2nc(NN)nc3ccccc23)C1. The first-order chi connectivity index (χ1) is 9.19. The van der Waals surface area contributed by atoms with Gasteiger partial charge in [0.15, 0.2) is 0 Å². The summed E-state index contributed by atoms with van der Waals surface area (Å²) >= 11 is 0. The molecule has 0 spiro atoms. The minimum Gasteiger partial charge on any atom is -0.353 e. The molecule has 2 atom stereocenters. The maximum atomic E-state index is 5.48. The van der Waals surface area contributed by atoms with E-state index >= 15 is 0 Å². The number of nitrogens with one attached hydrogen (secondary N) is 1. The Hall–Kier alpha value is -1.88. The first kappa shape index (κ1) is 12.2. The number of aromatic nitrogens is 2. The minimum atomic E-state index is 0.473. The van der Waals surface area contributed by atoms with Crippen molar-refractivity contribution in [2.45, 2.75) is 26.3 Å². The summed E-state index contributed by atoms with van der Waals surface area (Å²) in [5.41, 5.74) is 3.48. The molecule has 5 nitrogen and oxygen atoms in total. The van der Waals surface area contributed by atoms with Crippen LogP contribution in [0.4, 0.5) is 11.8 Å². The highest BCUT2D eigenvalue weighted by atomic mass is 15.3. The molecule has 0 aliphatic carbocycles. The molecular formula is C14H19N5. The van der Waals surface area contributed by atoms with E-state index in [1.807, 2.05) is 18.2 Å². The maximum absolute atomic E-state index is 5.48. The molecule has 2 heterocycles. The van der Waals surface area contributed by atoms with Gasteiger partial charge in [0.05, 0.1) is 5.52 Å². The van der Waals surface area contributed by atoms with Crippen LogP contribution in [0.25, 0.3) is 10.9 Å². The van der Waals surface area contributed by atoms with E-state index in [2.05, 4.69) is 40.2 Å². The number of hydrogen-bond acceptors (Lipinski definition) is 5. The normalized spacial score (nSPS) is 23.0. The van der Waals surface area contributed by atoms with E-state index in [9.17, 15) is 0 Å². The van der Waals surface area contributed by atoms with Crippen LogP contribution in [0.1, 0.15) is 20.3 Å². The molecule has 3 rings (SSSR count). The van der Waals surface area contributed by atoms with Gasteiger partial charge in [-0.25, -0.2) is 10.8 Å². The van der Waals surface area contributed by atoms with Crippen molar-refractivity contribution in [2.24, 2.45) is 11.8 Å². The number of hydrogen-bond donors (Lipinski definition) is 2. The van der Waals surface area contributed by atoms with Crippen LogP contribution in [-0.4, -0.2) is 22.6 Å². The number of benzene rings is 1. The molecule has 1 saturated heterocycles. The van der Waals surface area contributed by atoms with Gasteiger partial charge in [-0.05, 0) is 31.4 Å². The molecule has 0 bridgehead atoms. The Kier molecular flexibility index (Phi) is 2.98. The lowest BCUT2D eigenvalue weighted by atomic mass is 10.1. The molecule has 1 aromatic heterocycles. The van der Waals surface area contributed by atoms with E-state index in [1.54, 1.807) is 0 Å². The van der Waals surface area contributed by atoms with Gasteiger partial charge in [0.1, 0.15) is 5.82 Å². The Balaban J connectivity index is 2.16. The van der Waals surface area contributed by atoms with E-state index in [0.717, 1.165) is 23.3 Å². The second-order valence-electron chi connectivity index (χ2n) is 5.37. The number of nitrogens with zero attached hydrogens (tertiary/aromatic N) is 3. The third-order valence-electron chi connectivity index (χ3n) is 3.77. The summed E-state index contributed by atoms with van der Waals surface area (Å²) < 4.78 is 0. The van der Waals surface area contributed by atoms with Gasteiger partial charge < -0.3 is 4.90 Å². The molecule has 100 valence electrons. The van der Waals surface area contributed by atoms with Crippen molar-refractivity contribution in [2.75, 3.05) is 16.9 Å². The lowest BCUT2D eigenvalue weighted by molar-refractivity contribution is 0.625. The van der Waals surface area contributed by atoms with Gasteiger partial charge in [0.2, 0.25) is 5.95 Å². The summed E-state index contributed by atoms with van der Waals surface area (Å²) in [7, 11) is 0. The quantitative estimate of drug-likeness (QED) is 0.637. The summed E-state index contributed by atoms with van der Waals surface area (Å²) in [6.45, 7) is 5.56. The predicted octanol–water partition coefficient (Wildman–Crippen LogP) is 2.15. The van der Waals surface area contributed by atoms with Crippen LogP contribution in [0.5, 0.6) is 0 Å². The van der Waals surface area contributed by atoms with Gasteiger partial charge in [-0.1, -0.05) is 19.1 Å². The molecule has 0 radical (unpaired) electrons. The van der Waals surface area contributed by atoms with E-state index in [1.165, 1.54) is 6.42 Å². The molecule has 2 unspecified atom stereocenters. The topological polar surface area (TPSA) is 67.1 Å². The van der Waals surface area contributed by atoms with Crippen molar-refractivity contribution in [1.29, 1.82) is 0 Å². The van der Waals surface area contributed by atoms with Crippen molar-refractivity contribution in [3.05, 3.63) is 24.3 Å². The molecule has 1 aromatic carbocycles. The van der Waals surface area contributed by atoms with Crippen LogP contribution in [0.3, 0.4) is 0 Å². The largest absolute Gasteiger partial charge is 0.353 e. The standard InChI is InChI=1S/C14H19N5/c1-9-7-10(2)19(8-9)13-11-5-3-4-6-12(11)16-14(17-13)18-15/h3-6,9-10H,7-8,15H2,1-2H3,(H,16,17,18). The molecule has 5 heteroatoms. The highest BCUT2D eigenvalue weighted by molar-refractivity contribution is 5.90. The Bertz CT molecular complexity index is 597. The average molecular weight is 257 g/mol. The number of para-hydroxylation sites is 1. The van der Waals surface area contributed by atoms with Crippen molar-refractivity contribution in [3.8, 4) is 0 Å². The van der Waals surface area contributed by atoms with Crippen molar-refractivity contribution in [3.63, 3.8) is 0 Å². The number of nitrogens with two attached hydrogens (primary N) is 1.